The van der Waals surface area contributed by atoms with Gasteiger partial charge in [0.05, 0.1) is 11.3 Å². The van der Waals surface area contributed by atoms with Crippen molar-refractivity contribution in [3.05, 3.63) is 66.0 Å². The molecular formula is C18H19BrN2O. The lowest BCUT2D eigenvalue weighted by Gasteiger charge is -2.21. The van der Waals surface area contributed by atoms with Crippen LogP contribution < -0.4 is 22.3 Å². The Labute approximate surface area is 140 Å². The molecule has 0 radical (unpaired) electrons. The van der Waals surface area contributed by atoms with Gasteiger partial charge < -0.3 is 26.7 Å². The average Bonchev–Trinajstić information content (AvgIpc) is 3.11. The molecular weight excluding hydrogens is 340 g/mol. The number of fused-ring (bicyclic) bond motifs is 3. The van der Waals surface area contributed by atoms with E-state index in [0.717, 1.165) is 23.8 Å². The second-order valence-electron chi connectivity index (χ2n) is 6.20. The van der Waals surface area contributed by atoms with Crippen molar-refractivity contribution in [2.45, 2.75) is 25.9 Å². The highest BCUT2D eigenvalue weighted by molar-refractivity contribution is 5.60. The van der Waals surface area contributed by atoms with Crippen LogP contribution in [0.5, 0.6) is 0 Å². The lowest BCUT2D eigenvalue weighted by Crippen LogP contribution is -3.00. The molecule has 0 aliphatic carbocycles. The van der Waals surface area contributed by atoms with Crippen LogP contribution in [0.3, 0.4) is 0 Å². The predicted octanol–water partition coefficient (Wildman–Crippen LogP) is 0.0534. The number of nitrogens with zero attached hydrogens (tertiary/aromatic N) is 1. The van der Waals surface area contributed by atoms with Gasteiger partial charge in [0.1, 0.15) is 17.8 Å². The summed E-state index contributed by atoms with van der Waals surface area (Å²) in [6.45, 7) is 5.44. The van der Waals surface area contributed by atoms with Gasteiger partial charge in [0.2, 0.25) is 5.88 Å². The summed E-state index contributed by atoms with van der Waals surface area (Å²) >= 11 is 0. The van der Waals surface area contributed by atoms with E-state index in [1.165, 1.54) is 11.3 Å². The van der Waals surface area contributed by atoms with Crippen molar-refractivity contribution >= 4 is 0 Å². The van der Waals surface area contributed by atoms with Crippen LogP contribution in [0.2, 0.25) is 0 Å². The molecule has 1 aliphatic heterocycles. The quantitative estimate of drug-likeness (QED) is 0.655. The van der Waals surface area contributed by atoms with E-state index in [4.69, 9.17) is 4.42 Å². The van der Waals surface area contributed by atoms with Gasteiger partial charge in [-0.05, 0) is 32.0 Å². The summed E-state index contributed by atoms with van der Waals surface area (Å²) in [5.74, 6) is 1.89. The first-order valence-corrected chi connectivity index (χ1v) is 7.36. The monoisotopic (exact) mass is 358 g/mol. The van der Waals surface area contributed by atoms with Gasteiger partial charge in [-0.3, -0.25) is 4.57 Å². The van der Waals surface area contributed by atoms with Crippen LogP contribution in [0, 0.1) is 0 Å². The minimum absolute atomic E-state index is 0. The van der Waals surface area contributed by atoms with Gasteiger partial charge >= 0.3 is 0 Å². The first-order valence-electron chi connectivity index (χ1n) is 7.36. The molecule has 0 amide bonds. The molecule has 0 fully saturated rings. The van der Waals surface area contributed by atoms with Crippen molar-refractivity contribution in [3.8, 4) is 17.2 Å². The van der Waals surface area contributed by atoms with Gasteiger partial charge in [0, 0.05) is 11.8 Å². The number of quaternary nitrogens is 1. The van der Waals surface area contributed by atoms with Crippen LogP contribution in [-0.4, -0.2) is 4.57 Å². The minimum Gasteiger partial charge on any atom is -1.00 e. The lowest BCUT2D eigenvalue weighted by atomic mass is 10.0. The summed E-state index contributed by atoms with van der Waals surface area (Å²) in [6, 6.07) is 16.7. The van der Waals surface area contributed by atoms with Gasteiger partial charge in [0.25, 0.3) is 0 Å². The molecule has 0 bridgehead atoms. The predicted molar refractivity (Wildman–Crippen MR) is 82.1 cm³/mol. The molecule has 114 valence electrons. The van der Waals surface area contributed by atoms with Gasteiger partial charge in [0.15, 0.2) is 0 Å². The summed E-state index contributed by atoms with van der Waals surface area (Å²) in [4.78, 5) is 0. The van der Waals surface area contributed by atoms with E-state index in [0.29, 0.717) is 0 Å². The fourth-order valence-electron chi connectivity index (χ4n) is 3.07. The van der Waals surface area contributed by atoms with E-state index in [-0.39, 0.29) is 22.5 Å². The maximum absolute atomic E-state index is 6.19. The highest BCUT2D eigenvalue weighted by Gasteiger charge is 2.33. The van der Waals surface area contributed by atoms with E-state index >= 15 is 0 Å². The van der Waals surface area contributed by atoms with Crippen LogP contribution in [-0.2, 0) is 12.1 Å². The molecule has 3 heterocycles. The van der Waals surface area contributed by atoms with Crippen LogP contribution in [0.4, 0.5) is 0 Å². The van der Waals surface area contributed by atoms with Crippen molar-refractivity contribution in [1.29, 1.82) is 0 Å². The SMILES string of the molecule is CC1(C)[NH2+]Cc2cc(-c3ccccc3)oc2-n2cccc21.[Br-]. The molecule has 0 unspecified atom stereocenters. The normalized spacial score (nSPS) is 15.4. The molecule has 0 saturated heterocycles. The third-order valence-electron chi connectivity index (χ3n) is 4.30. The van der Waals surface area contributed by atoms with E-state index in [9.17, 15) is 0 Å². The summed E-state index contributed by atoms with van der Waals surface area (Å²) in [7, 11) is 0. The number of benzene rings is 1. The lowest BCUT2D eigenvalue weighted by molar-refractivity contribution is -0.743. The molecule has 0 atom stereocenters. The molecule has 3 nitrogen and oxygen atoms in total. The number of aromatic nitrogens is 1. The Kier molecular flexibility index (Phi) is 3.75. The average molecular weight is 359 g/mol. The van der Waals surface area contributed by atoms with Crippen LogP contribution in [0.25, 0.3) is 17.2 Å². The first-order chi connectivity index (χ1) is 10.1. The largest absolute Gasteiger partial charge is 1.00 e. The number of furan rings is 1. The fraction of sp³-hybridized carbons (Fsp3) is 0.222. The van der Waals surface area contributed by atoms with Crippen molar-refractivity contribution in [3.63, 3.8) is 0 Å². The van der Waals surface area contributed by atoms with E-state index < -0.39 is 0 Å². The first kappa shape index (κ1) is 15.1. The van der Waals surface area contributed by atoms with Crippen molar-refractivity contribution in [2.24, 2.45) is 0 Å². The molecule has 3 aromatic rings. The van der Waals surface area contributed by atoms with Gasteiger partial charge in [-0.2, -0.15) is 0 Å². The maximum Gasteiger partial charge on any atom is 0.213 e. The smallest absolute Gasteiger partial charge is 0.213 e. The number of halogens is 1. The zero-order valence-corrected chi connectivity index (χ0v) is 14.3. The molecule has 1 aliphatic rings. The highest BCUT2D eigenvalue weighted by Crippen LogP contribution is 2.32. The molecule has 2 aromatic heterocycles. The van der Waals surface area contributed by atoms with Gasteiger partial charge in [-0.1, -0.05) is 30.3 Å². The number of nitrogens with two attached hydrogens (primary N) is 1. The van der Waals surface area contributed by atoms with Gasteiger partial charge in [-0.25, -0.2) is 0 Å². The zero-order valence-electron chi connectivity index (χ0n) is 12.7. The molecule has 4 heteroatoms. The molecule has 0 saturated carbocycles. The Hall–Kier alpha value is -1.78. The zero-order chi connectivity index (χ0) is 14.4. The van der Waals surface area contributed by atoms with Crippen LogP contribution >= 0.6 is 0 Å². The molecule has 0 spiro atoms. The Morgan fingerprint density at radius 3 is 2.64 bits per heavy atom. The Morgan fingerprint density at radius 1 is 1.09 bits per heavy atom. The molecule has 22 heavy (non-hydrogen) atoms. The van der Waals surface area contributed by atoms with E-state index in [1.807, 2.05) is 18.2 Å². The summed E-state index contributed by atoms with van der Waals surface area (Å²) in [5, 5.41) is 2.37. The van der Waals surface area contributed by atoms with E-state index in [1.54, 1.807) is 0 Å². The van der Waals surface area contributed by atoms with Crippen LogP contribution in [0.15, 0.2) is 59.1 Å². The highest BCUT2D eigenvalue weighted by atomic mass is 79.9. The second kappa shape index (κ2) is 5.45. The number of hydrogen-bond acceptors (Lipinski definition) is 1. The minimum atomic E-state index is 0. The van der Waals surface area contributed by atoms with Crippen molar-refractivity contribution < 1.29 is 26.7 Å². The molecule has 4 rings (SSSR count). The number of rotatable bonds is 1. The Morgan fingerprint density at radius 2 is 1.86 bits per heavy atom. The standard InChI is InChI=1S/C18H18N2O.BrH/c1-18(2)16-9-6-10-20(16)17-14(12-19-18)11-15(21-17)13-7-4-3-5-8-13;/h3-11,19H,12H2,1-2H3;1H. The van der Waals surface area contributed by atoms with Gasteiger partial charge in [-0.15, -0.1) is 0 Å². The Balaban J connectivity index is 0.00000144. The summed E-state index contributed by atoms with van der Waals surface area (Å²) in [5.41, 5.74) is 3.70. The maximum atomic E-state index is 6.19. The molecule has 2 N–H and O–H groups in total. The topological polar surface area (TPSA) is 34.7 Å². The van der Waals surface area contributed by atoms with Crippen molar-refractivity contribution in [1.82, 2.24) is 4.57 Å². The Bertz CT molecular complexity index is 787. The fourth-order valence-corrected chi connectivity index (χ4v) is 3.07. The third kappa shape index (κ3) is 2.32. The summed E-state index contributed by atoms with van der Waals surface area (Å²) in [6.07, 6.45) is 2.09. The second-order valence-corrected chi connectivity index (χ2v) is 6.20. The van der Waals surface area contributed by atoms with Crippen LogP contribution in [0.1, 0.15) is 25.1 Å². The van der Waals surface area contributed by atoms with E-state index in [2.05, 4.69) is 60.3 Å². The number of hydrogen-bond donors (Lipinski definition) is 1. The summed E-state index contributed by atoms with van der Waals surface area (Å²) < 4.78 is 8.38. The molecule has 1 aromatic carbocycles. The van der Waals surface area contributed by atoms with Crippen molar-refractivity contribution in [2.75, 3.05) is 0 Å². The third-order valence-corrected chi connectivity index (χ3v) is 4.30.